The standard InChI is InChI=1S/C9H7FN4O3S2/c10-6-3-5(19(11,16)17)1-2-7(6)13-9(15)8-4-12-14-18-8/h1-4H,(H,13,15)(H2,11,16,17). The van der Waals surface area contributed by atoms with Crippen molar-refractivity contribution in [1.29, 1.82) is 0 Å². The maximum absolute atomic E-state index is 13.6. The molecule has 0 atom stereocenters. The van der Waals surface area contributed by atoms with E-state index in [-0.39, 0.29) is 15.5 Å². The Kier molecular flexibility index (Phi) is 3.55. The number of aromatic nitrogens is 2. The molecule has 2 rings (SSSR count). The summed E-state index contributed by atoms with van der Waals surface area (Å²) < 4.78 is 39.1. The highest BCUT2D eigenvalue weighted by Gasteiger charge is 2.14. The second-order valence-electron chi connectivity index (χ2n) is 3.42. The summed E-state index contributed by atoms with van der Waals surface area (Å²) in [6.45, 7) is 0. The fraction of sp³-hybridized carbons (Fsp3) is 0. The fourth-order valence-corrected chi connectivity index (χ4v) is 2.16. The number of nitrogens with zero attached hydrogens (tertiary/aromatic N) is 2. The first-order valence-corrected chi connectivity index (χ1v) is 7.11. The van der Waals surface area contributed by atoms with Crippen molar-refractivity contribution >= 4 is 33.2 Å². The third-order valence-corrected chi connectivity index (χ3v) is 3.68. The molecule has 0 spiro atoms. The molecule has 7 nitrogen and oxygen atoms in total. The number of anilines is 1. The molecule has 0 bridgehead atoms. The molecule has 0 fully saturated rings. The lowest BCUT2D eigenvalue weighted by molar-refractivity contribution is 0.103. The van der Waals surface area contributed by atoms with E-state index in [9.17, 15) is 17.6 Å². The van der Waals surface area contributed by atoms with E-state index >= 15 is 0 Å². The Hall–Kier alpha value is -1.91. The molecule has 100 valence electrons. The maximum atomic E-state index is 13.6. The zero-order chi connectivity index (χ0) is 14.0. The molecule has 0 unspecified atom stereocenters. The van der Waals surface area contributed by atoms with E-state index in [1.165, 1.54) is 6.20 Å². The van der Waals surface area contributed by atoms with Crippen LogP contribution in [0.2, 0.25) is 0 Å². The third-order valence-electron chi connectivity index (χ3n) is 2.10. The van der Waals surface area contributed by atoms with Crippen LogP contribution >= 0.6 is 11.5 Å². The zero-order valence-corrected chi connectivity index (χ0v) is 10.8. The van der Waals surface area contributed by atoms with Gasteiger partial charge in [0.25, 0.3) is 5.91 Å². The van der Waals surface area contributed by atoms with Gasteiger partial charge in [-0.05, 0) is 29.7 Å². The van der Waals surface area contributed by atoms with Crippen LogP contribution in [0.1, 0.15) is 9.67 Å². The average Bonchev–Trinajstić information content (AvgIpc) is 2.84. The van der Waals surface area contributed by atoms with Gasteiger partial charge in [-0.1, -0.05) is 4.49 Å². The van der Waals surface area contributed by atoms with E-state index < -0.39 is 21.7 Å². The van der Waals surface area contributed by atoms with Crippen molar-refractivity contribution < 1.29 is 17.6 Å². The maximum Gasteiger partial charge on any atom is 0.269 e. The number of nitrogens with one attached hydrogen (secondary N) is 1. The quantitative estimate of drug-likeness (QED) is 0.860. The highest BCUT2D eigenvalue weighted by atomic mass is 32.2. The number of amides is 1. The monoisotopic (exact) mass is 302 g/mol. The molecule has 0 saturated carbocycles. The van der Waals surface area contributed by atoms with Gasteiger partial charge in [0, 0.05) is 0 Å². The van der Waals surface area contributed by atoms with Crippen molar-refractivity contribution in [3.63, 3.8) is 0 Å². The van der Waals surface area contributed by atoms with Gasteiger partial charge in [-0.15, -0.1) is 5.10 Å². The van der Waals surface area contributed by atoms with Crippen LogP contribution in [0.15, 0.2) is 29.3 Å². The largest absolute Gasteiger partial charge is 0.319 e. The van der Waals surface area contributed by atoms with Gasteiger partial charge in [-0.2, -0.15) is 0 Å². The molecular formula is C9H7FN4O3S2. The first-order valence-electron chi connectivity index (χ1n) is 4.79. The van der Waals surface area contributed by atoms with Gasteiger partial charge in [0.1, 0.15) is 10.7 Å². The fourth-order valence-electron chi connectivity index (χ4n) is 1.23. The summed E-state index contributed by atoms with van der Waals surface area (Å²) in [5.41, 5.74) is -0.161. The number of carbonyl (C=O) groups is 1. The topological polar surface area (TPSA) is 115 Å². The van der Waals surface area contributed by atoms with Crippen molar-refractivity contribution in [2.45, 2.75) is 4.90 Å². The summed E-state index contributed by atoms with van der Waals surface area (Å²) in [6.07, 6.45) is 1.23. The number of benzene rings is 1. The summed E-state index contributed by atoms with van der Waals surface area (Å²) in [5.74, 6) is -1.49. The third kappa shape index (κ3) is 3.10. The van der Waals surface area contributed by atoms with Gasteiger partial charge >= 0.3 is 0 Å². The minimum absolute atomic E-state index is 0.161. The van der Waals surface area contributed by atoms with E-state index in [2.05, 4.69) is 14.9 Å². The summed E-state index contributed by atoms with van der Waals surface area (Å²) in [7, 11) is -3.98. The number of rotatable bonds is 3. The molecule has 19 heavy (non-hydrogen) atoms. The minimum Gasteiger partial charge on any atom is -0.319 e. The van der Waals surface area contributed by atoms with Crippen LogP contribution in [0.4, 0.5) is 10.1 Å². The average molecular weight is 302 g/mol. The van der Waals surface area contributed by atoms with Gasteiger partial charge in [0.2, 0.25) is 10.0 Å². The number of carbonyl (C=O) groups excluding carboxylic acids is 1. The molecule has 0 saturated heterocycles. The number of hydrogen-bond acceptors (Lipinski definition) is 6. The lowest BCUT2D eigenvalue weighted by Crippen LogP contribution is -2.14. The minimum atomic E-state index is -3.98. The molecule has 1 amide bonds. The van der Waals surface area contributed by atoms with Crippen LogP contribution in [-0.2, 0) is 10.0 Å². The number of primary sulfonamides is 1. The summed E-state index contributed by atoms with van der Waals surface area (Å²) in [5, 5.41) is 10.6. The highest BCUT2D eigenvalue weighted by molar-refractivity contribution is 7.89. The van der Waals surface area contributed by atoms with Gasteiger partial charge in [0.15, 0.2) is 0 Å². The molecule has 0 radical (unpaired) electrons. The van der Waals surface area contributed by atoms with Gasteiger partial charge in [-0.25, -0.2) is 17.9 Å². The van der Waals surface area contributed by atoms with Crippen LogP contribution in [0.3, 0.4) is 0 Å². The Balaban J connectivity index is 2.25. The van der Waals surface area contributed by atoms with E-state index in [4.69, 9.17) is 5.14 Å². The molecule has 1 aromatic heterocycles. The van der Waals surface area contributed by atoms with Crippen molar-refractivity contribution in [3.05, 3.63) is 35.1 Å². The summed E-state index contributed by atoms with van der Waals surface area (Å²) in [4.78, 5) is 11.4. The molecule has 10 heteroatoms. The van der Waals surface area contributed by atoms with Gasteiger partial charge in [-0.3, -0.25) is 4.79 Å². The van der Waals surface area contributed by atoms with E-state index in [0.717, 1.165) is 29.7 Å². The molecule has 0 aliphatic carbocycles. The second-order valence-corrected chi connectivity index (χ2v) is 5.77. The Bertz CT molecular complexity index is 715. The van der Waals surface area contributed by atoms with E-state index in [0.29, 0.717) is 0 Å². The van der Waals surface area contributed by atoms with Crippen LogP contribution < -0.4 is 10.5 Å². The lowest BCUT2D eigenvalue weighted by Gasteiger charge is -2.06. The van der Waals surface area contributed by atoms with E-state index in [1.54, 1.807) is 0 Å². The van der Waals surface area contributed by atoms with Gasteiger partial charge < -0.3 is 5.32 Å². The van der Waals surface area contributed by atoms with Gasteiger partial charge in [0.05, 0.1) is 16.8 Å². The summed E-state index contributed by atoms with van der Waals surface area (Å²) >= 11 is 0.852. The van der Waals surface area contributed by atoms with Crippen molar-refractivity contribution in [2.24, 2.45) is 5.14 Å². The smallest absolute Gasteiger partial charge is 0.269 e. The van der Waals surface area contributed by atoms with Crippen LogP contribution in [0.5, 0.6) is 0 Å². The predicted octanol–water partition coefficient (Wildman–Crippen LogP) is 0.577. The first kappa shape index (κ1) is 13.5. The Morgan fingerprint density at radius 1 is 1.42 bits per heavy atom. The molecule has 3 N–H and O–H groups in total. The van der Waals surface area contributed by atoms with Crippen LogP contribution in [0.25, 0.3) is 0 Å². The molecular weight excluding hydrogens is 295 g/mol. The first-order chi connectivity index (χ1) is 8.88. The Morgan fingerprint density at radius 2 is 2.16 bits per heavy atom. The molecule has 2 aromatic rings. The van der Waals surface area contributed by atoms with Crippen LogP contribution in [0, 0.1) is 5.82 Å². The summed E-state index contributed by atoms with van der Waals surface area (Å²) in [6, 6.07) is 2.94. The second kappa shape index (κ2) is 4.99. The zero-order valence-electron chi connectivity index (χ0n) is 9.20. The molecule has 1 aromatic carbocycles. The Labute approximate surface area is 111 Å². The molecule has 0 aliphatic rings. The van der Waals surface area contributed by atoms with Crippen LogP contribution in [-0.4, -0.2) is 23.9 Å². The van der Waals surface area contributed by atoms with Crippen molar-refractivity contribution in [3.8, 4) is 0 Å². The van der Waals surface area contributed by atoms with Crippen molar-refractivity contribution in [2.75, 3.05) is 5.32 Å². The number of nitrogens with two attached hydrogens (primary N) is 1. The molecule has 1 heterocycles. The van der Waals surface area contributed by atoms with Crippen molar-refractivity contribution in [1.82, 2.24) is 9.59 Å². The molecule has 0 aliphatic heterocycles. The predicted molar refractivity (Wildman–Crippen MR) is 65.6 cm³/mol. The highest BCUT2D eigenvalue weighted by Crippen LogP contribution is 2.19. The SMILES string of the molecule is NS(=O)(=O)c1ccc(NC(=O)c2cnns2)c(F)c1. The normalized spacial score (nSPS) is 11.3. The number of halogens is 1. The van der Waals surface area contributed by atoms with E-state index in [1.807, 2.05) is 0 Å². The number of hydrogen-bond donors (Lipinski definition) is 2. The Morgan fingerprint density at radius 3 is 2.68 bits per heavy atom. The lowest BCUT2D eigenvalue weighted by atomic mass is 10.3. The number of sulfonamides is 1.